The van der Waals surface area contributed by atoms with Gasteiger partial charge in [-0.15, -0.1) is 11.3 Å². The molecular weight excluding hydrogens is 709 g/mol. The summed E-state index contributed by atoms with van der Waals surface area (Å²) >= 11 is 1.86. The van der Waals surface area contributed by atoms with Gasteiger partial charge >= 0.3 is 0 Å². The highest BCUT2D eigenvalue weighted by Gasteiger charge is 2.14. The average Bonchev–Trinajstić information content (AvgIpc) is 3.67. The minimum absolute atomic E-state index is 0.701. The second kappa shape index (κ2) is 13.8. The van der Waals surface area contributed by atoms with Crippen LogP contribution in [-0.2, 0) is 0 Å². The fourth-order valence-corrected chi connectivity index (χ4v) is 9.28. The highest BCUT2D eigenvalue weighted by molar-refractivity contribution is 7.25. The third kappa shape index (κ3) is 6.06. The van der Waals surface area contributed by atoms with Gasteiger partial charge in [0.2, 0.25) is 0 Å². The minimum atomic E-state index is 0.701. The van der Waals surface area contributed by atoms with Gasteiger partial charge in [0.05, 0.1) is 11.4 Å². The molecule has 9 aromatic carbocycles. The van der Waals surface area contributed by atoms with Crippen LogP contribution in [0.25, 0.3) is 109 Å². The summed E-state index contributed by atoms with van der Waals surface area (Å²) in [5.41, 5.74) is 12.0. The number of nitrogens with zero attached hydrogens (tertiary/aromatic N) is 2. The summed E-state index contributed by atoms with van der Waals surface area (Å²) in [5, 5.41) is 7.63. The van der Waals surface area contributed by atoms with E-state index in [-0.39, 0.29) is 0 Å². The van der Waals surface area contributed by atoms with E-state index in [0.29, 0.717) is 5.82 Å². The highest BCUT2D eigenvalue weighted by atomic mass is 32.1. The fraction of sp³-hybridized carbons (Fsp3) is 0. The molecule has 0 aliphatic carbocycles. The van der Waals surface area contributed by atoms with E-state index < -0.39 is 0 Å². The summed E-state index contributed by atoms with van der Waals surface area (Å²) in [6.45, 7) is 0. The molecule has 2 nitrogen and oxygen atoms in total. The lowest BCUT2D eigenvalue weighted by Crippen LogP contribution is -1.96. The summed E-state index contributed by atoms with van der Waals surface area (Å²) in [6.07, 6.45) is 0. The zero-order valence-corrected chi connectivity index (χ0v) is 31.7. The fourth-order valence-electron chi connectivity index (χ4n) is 8.19. The summed E-state index contributed by atoms with van der Waals surface area (Å²) in [7, 11) is 0. The van der Waals surface area contributed by atoms with Crippen LogP contribution < -0.4 is 0 Å². The second-order valence-corrected chi connectivity index (χ2v) is 15.6. The van der Waals surface area contributed by atoms with Crippen LogP contribution in [0.1, 0.15) is 0 Å². The van der Waals surface area contributed by atoms with E-state index in [1.807, 2.05) is 17.4 Å². The summed E-state index contributed by atoms with van der Waals surface area (Å²) in [4.78, 5) is 10.4. The van der Waals surface area contributed by atoms with Crippen molar-refractivity contribution in [2.24, 2.45) is 0 Å². The van der Waals surface area contributed by atoms with Gasteiger partial charge in [-0.05, 0) is 91.3 Å². The topological polar surface area (TPSA) is 25.8 Å². The van der Waals surface area contributed by atoms with E-state index in [4.69, 9.17) is 9.97 Å². The molecule has 11 aromatic rings. The maximum absolute atomic E-state index is 5.22. The molecule has 2 heterocycles. The maximum Gasteiger partial charge on any atom is 0.160 e. The molecule has 0 unspecified atom stereocenters. The lowest BCUT2D eigenvalue weighted by Gasteiger charge is -2.13. The molecule has 0 amide bonds. The highest BCUT2D eigenvalue weighted by Crippen LogP contribution is 2.39. The third-order valence-corrected chi connectivity index (χ3v) is 12.3. The van der Waals surface area contributed by atoms with Gasteiger partial charge in [-0.2, -0.15) is 0 Å². The molecule has 11 rings (SSSR count). The number of hydrogen-bond donors (Lipinski definition) is 0. The van der Waals surface area contributed by atoms with Gasteiger partial charge < -0.3 is 0 Å². The summed E-state index contributed by atoms with van der Waals surface area (Å²) < 4.78 is 2.66. The Morgan fingerprint density at radius 1 is 0.281 bits per heavy atom. The van der Waals surface area contributed by atoms with Crippen molar-refractivity contribution in [2.45, 2.75) is 0 Å². The first-order chi connectivity index (χ1) is 28.2. The van der Waals surface area contributed by atoms with Crippen LogP contribution >= 0.6 is 11.3 Å². The monoisotopic (exact) mass is 742 g/mol. The Kier molecular flexibility index (Phi) is 8.04. The Morgan fingerprint density at radius 3 is 1.56 bits per heavy atom. The van der Waals surface area contributed by atoms with E-state index in [1.54, 1.807) is 0 Å². The Balaban J connectivity index is 0.941. The van der Waals surface area contributed by atoms with Crippen molar-refractivity contribution in [1.82, 2.24) is 9.97 Å². The van der Waals surface area contributed by atoms with Crippen molar-refractivity contribution in [3.8, 4) is 67.3 Å². The number of rotatable bonds is 6. The standard InChI is InChI=1S/C54H34N2S/c1-2-11-38(12-3-1)50-34-51(56-54(55-50)43-15-10-14-41(31-43)48-33-42-13-4-5-16-44(42)45-17-6-7-18-46(45)48)39-27-25-36(26-28-39)35-21-23-37(24-22-35)40-29-30-53-49(32-40)47-19-8-9-20-52(47)57-53/h1-34H. The molecule has 0 saturated heterocycles. The predicted octanol–water partition coefficient (Wildman–Crippen LogP) is 15.2. The van der Waals surface area contributed by atoms with Crippen molar-refractivity contribution in [3.05, 3.63) is 206 Å². The summed E-state index contributed by atoms with van der Waals surface area (Å²) in [6, 6.07) is 73.9. The van der Waals surface area contributed by atoms with Crippen LogP contribution in [0.3, 0.4) is 0 Å². The van der Waals surface area contributed by atoms with Crippen molar-refractivity contribution < 1.29 is 0 Å². The van der Waals surface area contributed by atoms with Gasteiger partial charge in [0.15, 0.2) is 5.82 Å². The van der Waals surface area contributed by atoms with Crippen LogP contribution in [0.2, 0.25) is 0 Å². The molecule has 57 heavy (non-hydrogen) atoms. The molecule has 0 saturated carbocycles. The first-order valence-corrected chi connectivity index (χ1v) is 20.1. The van der Waals surface area contributed by atoms with Gasteiger partial charge in [-0.1, -0.05) is 170 Å². The van der Waals surface area contributed by atoms with Crippen molar-refractivity contribution >= 4 is 53.1 Å². The van der Waals surface area contributed by atoms with Crippen LogP contribution in [-0.4, -0.2) is 9.97 Å². The Labute approximate surface area is 335 Å². The SMILES string of the molecule is c1ccc(-c2cc(-c3ccc(-c4ccc(-c5ccc6sc7ccccc7c6c5)cc4)cc3)nc(-c3cccc(-c4cc5ccccc5c5ccccc45)c3)n2)cc1. The molecule has 0 radical (unpaired) electrons. The average molecular weight is 743 g/mol. The molecule has 0 atom stereocenters. The van der Waals surface area contributed by atoms with Crippen LogP contribution in [0.4, 0.5) is 0 Å². The number of benzene rings is 9. The molecule has 0 fully saturated rings. The van der Waals surface area contributed by atoms with Crippen LogP contribution in [0, 0.1) is 0 Å². The minimum Gasteiger partial charge on any atom is -0.228 e. The van der Waals surface area contributed by atoms with Gasteiger partial charge in [0.25, 0.3) is 0 Å². The number of fused-ring (bicyclic) bond motifs is 6. The first-order valence-electron chi connectivity index (χ1n) is 19.3. The smallest absolute Gasteiger partial charge is 0.160 e. The molecule has 3 heteroatoms. The first kappa shape index (κ1) is 33.2. The molecule has 266 valence electrons. The number of aromatic nitrogens is 2. The largest absolute Gasteiger partial charge is 0.228 e. The second-order valence-electron chi connectivity index (χ2n) is 14.6. The van der Waals surface area contributed by atoms with Gasteiger partial charge in [0, 0.05) is 36.9 Å². The van der Waals surface area contributed by atoms with Gasteiger partial charge in [0.1, 0.15) is 0 Å². The zero-order chi connectivity index (χ0) is 37.7. The molecule has 0 bridgehead atoms. The third-order valence-electron chi connectivity index (χ3n) is 11.1. The van der Waals surface area contributed by atoms with Crippen LogP contribution in [0.15, 0.2) is 206 Å². The van der Waals surface area contributed by atoms with Crippen molar-refractivity contribution in [1.29, 1.82) is 0 Å². The lowest BCUT2D eigenvalue weighted by atomic mass is 9.92. The van der Waals surface area contributed by atoms with E-state index >= 15 is 0 Å². The van der Waals surface area contributed by atoms with E-state index in [0.717, 1.165) is 39.2 Å². The maximum atomic E-state index is 5.22. The molecule has 0 spiro atoms. The lowest BCUT2D eigenvalue weighted by molar-refractivity contribution is 1.18. The van der Waals surface area contributed by atoms with E-state index in [2.05, 4.69) is 200 Å². The van der Waals surface area contributed by atoms with Crippen LogP contribution in [0.5, 0.6) is 0 Å². The van der Waals surface area contributed by atoms with Gasteiger partial charge in [-0.3, -0.25) is 0 Å². The molecule has 0 aliphatic heterocycles. The summed E-state index contributed by atoms with van der Waals surface area (Å²) in [5.74, 6) is 0.701. The molecule has 0 N–H and O–H groups in total. The van der Waals surface area contributed by atoms with Crippen molar-refractivity contribution in [2.75, 3.05) is 0 Å². The molecular formula is C54H34N2S. The molecule has 2 aromatic heterocycles. The van der Waals surface area contributed by atoms with E-state index in [9.17, 15) is 0 Å². The van der Waals surface area contributed by atoms with Gasteiger partial charge in [-0.25, -0.2) is 9.97 Å². The number of hydrogen-bond acceptors (Lipinski definition) is 3. The predicted molar refractivity (Wildman–Crippen MR) is 243 cm³/mol. The quantitative estimate of drug-likeness (QED) is 0.159. The Bertz CT molecular complexity index is 3270. The number of thiophene rings is 1. The normalized spacial score (nSPS) is 11.5. The molecule has 0 aliphatic rings. The van der Waals surface area contributed by atoms with Crippen molar-refractivity contribution in [3.63, 3.8) is 0 Å². The Hall–Kier alpha value is -7.20. The zero-order valence-electron chi connectivity index (χ0n) is 30.9. The Morgan fingerprint density at radius 2 is 0.807 bits per heavy atom. The van der Waals surface area contributed by atoms with E-state index in [1.165, 1.54) is 64.0 Å².